The van der Waals surface area contributed by atoms with Crippen LogP contribution >= 0.6 is 0 Å². The van der Waals surface area contributed by atoms with Crippen LogP contribution in [0.25, 0.3) is 0 Å². The molecule has 0 aliphatic heterocycles. The number of aromatic nitrogens is 2. The fourth-order valence-corrected chi connectivity index (χ4v) is 2.13. The second-order valence-electron chi connectivity index (χ2n) is 4.50. The van der Waals surface area contributed by atoms with E-state index in [1.807, 2.05) is 31.8 Å². The highest BCUT2D eigenvalue weighted by Crippen LogP contribution is 2.11. The minimum absolute atomic E-state index is 0.174. The largest absolute Gasteiger partial charge is 0.351 e. The van der Waals surface area contributed by atoms with Crippen molar-refractivity contribution in [3.05, 3.63) is 18.0 Å². The average Bonchev–Trinajstić information content (AvgIpc) is 2.80. The molecule has 0 fully saturated rings. The number of hydrogen-bond acceptors (Lipinski definition) is 4. The van der Waals surface area contributed by atoms with Gasteiger partial charge in [0.2, 0.25) is 0 Å². The van der Waals surface area contributed by atoms with E-state index in [2.05, 4.69) is 23.5 Å². The summed E-state index contributed by atoms with van der Waals surface area (Å²) in [6.07, 6.45) is 5.75. The van der Waals surface area contributed by atoms with Crippen LogP contribution in [0.4, 0.5) is 0 Å². The summed E-state index contributed by atoms with van der Waals surface area (Å²) in [5, 5.41) is 7.64. The normalized spacial score (nSPS) is 13.1. The van der Waals surface area contributed by atoms with Crippen LogP contribution in [0.3, 0.4) is 0 Å². The van der Waals surface area contributed by atoms with Gasteiger partial charge in [-0.1, -0.05) is 6.92 Å². The lowest BCUT2D eigenvalue weighted by Crippen LogP contribution is -2.43. The molecule has 19 heavy (non-hydrogen) atoms. The molecule has 5 nitrogen and oxygen atoms in total. The molecule has 5 heteroatoms. The van der Waals surface area contributed by atoms with Crippen molar-refractivity contribution in [1.82, 2.24) is 15.1 Å². The highest BCUT2D eigenvalue weighted by atomic mass is 16.7. The van der Waals surface area contributed by atoms with Crippen LogP contribution in [0, 0.1) is 0 Å². The molecule has 1 N–H and O–H groups in total. The third-order valence-electron chi connectivity index (χ3n) is 2.96. The number of hydrogen-bond donors (Lipinski definition) is 1. The standard InChI is InChI=1S/C14H27N3O2/c1-5-15-13(14(18-6-2)19-7-3)9-8-12-10-16-17(4)11-12/h10-11,13-15H,5-9H2,1-4H3. The Balaban J connectivity index is 2.53. The van der Waals surface area contributed by atoms with E-state index in [1.165, 1.54) is 5.56 Å². The molecule has 0 aliphatic carbocycles. The molecule has 1 aromatic heterocycles. The lowest BCUT2D eigenvalue weighted by atomic mass is 10.1. The fourth-order valence-electron chi connectivity index (χ4n) is 2.13. The smallest absolute Gasteiger partial charge is 0.172 e. The third kappa shape index (κ3) is 5.72. The summed E-state index contributed by atoms with van der Waals surface area (Å²) in [6.45, 7) is 8.34. The van der Waals surface area contributed by atoms with Crippen LogP contribution in [0.2, 0.25) is 0 Å². The van der Waals surface area contributed by atoms with Gasteiger partial charge in [-0.15, -0.1) is 0 Å². The van der Waals surface area contributed by atoms with Crippen LogP contribution in [-0.2, 0) is 22.9 Å². The van der Waals surface area contributed by atoms with Crippen molar-refractivity contribution in [2.24, 2.45) is 7.05 Å². The summed E-state index contributed by atoms with van der Waals surface area (Å²) < 4.78 is 13.2. The van der Waals surface area contributed by atoms with Gasteiger partial charge in [0.05, 0.1) is 12.2 Å². The van der Waals surface area contributed by atoms with E-state index in [9.17, 15) is 0 Å². The first-order chi connectivity index (χ1) is 9.21. The van der Waals surface area contributed by atoms with Crippen LogP contribution in [0.1, 0.15) is 32.8 Å². The molecule has 1 aromatic rings. The Morgan fingerprint density at radius 1 is 1.26 bits per heavy atom. The molecule has 0 spiro atoms. The predicted molar refractivity (Wildman–Crippen MR) is 76.0 cm³/mol. The monoisotopic (exact) mass is 269 g/mol. The maximum absolute atomic E-state index is 5.69. The molecule has 0 aliphatic rings. The maximum Gasteiger partial charge on any atom is 0.172 e. The molecule has 0 saturated heterocycles. The zero-order valence-electron chi connectivity index (χ0n) is 12.6. The first kappa shape index (κ1) is 16.1. The molecular formula is C14H27N3O2. The first-order valence-corrected chi connectivity index (χ1v) is 7.15. The summed E-state index contributed by atoms with van der Waals surface area (Å²) in [7, 11) is 1.94. The molecule has 1 unspecified atom stereocenters. The zero-order chi connectivity index (χ0) is 14.1. The van der Waals surface area contributed by atoms with Crippen LogP contribution in [-0.4, -0.2) is 41.9 Å². The van der Waals surface area contributed by atoms with Gasteiger partial charge in [-0.05, 0) is 38.8 Å². The third-order valence-corrected chi connectivity index (χ3v) is 2.96. The summed E-state index contributed by atoms with van der Waals surface area (Å²) in [5.41, 5.74) is 1.25. The highest BCUT2D eigenvalue weighted by molar-refractivity contribution is 5.04. The molecule has 1 atom stereocenters. The zero-order valence-corrected chi connectivity index (χ0v) is 12.6. The SMILES string of the molecule is CCNC(CCc1cnn(C)c1)C(OCC)OCC. The number of aryl methyl sites for hydroxylation is 2. The fraction of sp³-hybridized carbons (Fsp3) is 0.786. The highest BCUT2D eigenvalue weighted by Gasteiger charge is 2.21. The van der Waals surface area contributed by atoms with Gasteiger partial charge in [-0.2, -0.15) is 5.10 Å². The second kappa shape index (κ2) is 9.07. The molecule has 110 valence electrons. The van der Waals surface area contributed by atoms with Crippen molar-refractivity contribution >= 4 is 0 Å². The topological polar surface area (TPSA) is 48.3 Å². The molecule has 1 heterocycles. The maximum atomic E-state index is 5.69. The number of nitrogens with one attached hydrogen (secondary N) is 1. The van der Waals surface area contributed by atoms with Crippen molar-refractivity contribution in [1.29, 1.82) is 0 Å². The van der Waals surface area contributed by atoms with Crippen LogP contribution in [0.15, 0.2) is 12.4 Å². The molecular weight excluding hydrogens is 242 g/mol. The van der Waals surface area contributed by atoms with E-state index < -0.39 is 0 Å². The van der Waals surface area contributed by atoms with Gasteiger partial charge in [-0.25, -0.2) is 0 Å². The summed E-state index contributed by atoms with van der Waals surface area (Å²) in [5.74, 6) is 0. The van der Waals surface area contributed by atoms with E-state index in [-0.39, 0.29) is 12.3 Å². The van der Waals surface area contributed by atoms with Gasteiger partial charge in [0, 0.05) is 26.5 Å². The molecule has 1 rings (SSSR count). The Bertz CT molecular complexity index is 335. The van der Waals surface area contributed by atoms with Gasteiger partial charge < -0.3 is 14.8 Å². The average molecular weight is 269 g/mol. The quantitative estimate of drug-likeness (QED) is 0.657. The Labute approximate surface area is 116 Å². The van der Waals surface area contributed by atoms with Gasteiger partial charge >= 0.3 is 0 Å². The first-order valence-electron chi connectivity index (χ1n) is 7.15. The predicted octanol–water partition coefficient (Wildman–Crippen LogP) is 1.73. The lowest BCUT2D eigenvalue weighted by Gasteiger charge is -2.27. The van der Waals surface area contributed by atoms with E-state index >= 15 is 0 Å². The van der Waals surface area contributed by atoms with Gasteiger partial charge in [0.15, 0.2) is 6.29 Å². The van der Waals surface area contributed by atoms with Gasteiger partial charge in [0.25, 0.3) is 0 Å². The number of nitrogens with zero attached hydrogens (tertiary/aromatic N) is 2. The van der Waals surface area contributed by atoms with E-state index in [1.54, 1.807) is 0 Å². The van der Waals surface area contributed by atoms with Crippen molar-refractivity contribution in [3.63, 3.8) is 0 Å². The number of rotatable bonds is 10. The van der Waals surface area contributed by atoms with Crippen molar-refractivity contribution in [2.45, 2.75) is 45.9 Å². The molecule has 0 bridgehead atoms. The molecule has 0 saturated carbocycles. The summed E-state index contributed by atoms with van der Waals surface area (Å²) >= 11 is 0. The Kier molecular flexibility index (Phi) is 7.70. The Morgan fingerprint density at radius 2 is 1.95 bits per heavy atom. The second-order valence-corrected chi connectivity index (χ2v) is 4.50. The van der Waals surface area contributed by atoms with Gasteiger partial charge in [0.1, 0.15) is 0 Å². The lowest BCUT2D eigenvalue weighted by molar-refractivity contribution is -0.154. The van der Waals surface area contributed by atoms with Gasteiger partial charge in [-0.3, -0.25) is 4.68 Å². The Hall–Kier alpha value is -0.910. The van der Waals surface area contributed by atoms with E-state index in [4.69, 9.17) is 9.47 Å². The van der Waals surface area contributed by atoms with E-state index in [0.29, 0.717) is 13.2 Å². The minimum Gasteiger partial charge on any atom is -0.351 e. The summed E-state index contributed by atoms with van der Waals surface area (Å²) in [4.78, 5) is 0. The number of likely N-dealkylation sites (N-methyl/N-ethyl adjacent to an activating group) is 1. The number of ether oxygens (including phenoxy) is 2. The van der Waals surface area contributed by atoms with E-state index in [0.717, 1.165) is 19.4 Å². The molecule has 0 aromatic carbocycles. The van der Waals surface area contributed by atoms with Crippen LogP contribution in [0.5, 0.6) is 0 Å². The Morgan fingerprint density at radius 3 is 2.42 bits per heavy atom. The summed E-state index contributed by atoms with van der Waals surface area (Å²) in [6, 6.07) is 0.213. The van der Waals surface area contributed by atoms with Crippen molar-refractivity contribution in [2.75, 3.05) is 19.8 Å². The minimum atomic E-state index is -0.174. The van der Waals surface area contributed by atoms with Crippen LogP contribution < -0.4 is 5.32 Å². The van der Waals surface area contributed by atoms with Crippen molar-refractivity contribution < 1.29 is 9.47 Å². The molecule has 0 radical (unpaired) electrons. The molecule has 0 amide bonds. The van der Waals surface area contributed by atoms with Crippen molar-refractivity contribution in [3.8, 4) is 0 Å².